The van der Waals surface area contributed by atoms with Crippen molar-refractivity contribution in [3.63, 3.8) is 0 Å². The number of amides is 2. The third-order valence-electron chi connectivity index (χ3n) is 6.63. The molecule has 2 aliphatic heterocycles. The number of rotatable bonds is 6. The number of hydrogen-bond acceptors (Lipinski definition) is 6. The molecule has 0 radical (unpaired) electrons. The van der Waals surface area contributed by atoms with Crippen molar-refractivity contribution in [1.82, 2.24) is 9.80 Å². The minimum atomic E-state index is -0.377. The zero-order valence-corrected chi connectivity index (χ0v) is 19.9. The minimum Gasteiger partial charge on any atom is -0.507 e. The molecule has 0 aliphatic carbocycles. The van der Waals surface area contributed by atoms with Gasteiger partial charge in [-0.3, -0.25) is 9.59 Å². The van der Waals surface area contributed by atoms with Crippen molar-refractivity contribution >= 4 is 17.5 Å². The van der Waals surface area contributed by atoms with Crippen LogP contribution in [0.15, 0.2) is 60.7 Å². The average molecular weight is 483 g/mol. The Kier molecular flexibility index (Phi) is 6.21. The van der Waals surface area contributed by atoms with Gasteiger partial charge in [-0.05, 0) is 34.9 Å². The normalized spacial score (nSPS) is 16.6. The fourth-order valence-corrected chi connectivity index (χ4v) is 4.77. The van der Waals surface area contributed by atoms with Crippen LogP contribution < -0.4 is 10.1 Å². The van der Waals surface area contributed by atoms with Crippen LogP contribution in [0.5, 0.6) is 11.5 Å². The maximum Gasteiger partial charge on any atom is 0.262 e. The third-order valence-corrected chi connectivity index (χ3v) is 6.63. The van der Waals surface area contributed by atoms with Crippen LogP contribution in [0.2, 0.25) is 0 Å². The van der Waals surface area contributed by atoms with Crippen LogP contribution in [0, 0.1) is 11.3 Å². The van der Waals surface area contributed by atoms with Crippen LogP contribution >= 0.6 is 0 Å². The van der Waals surface area contributed by atoms with Gasteiger partial charge < -0.3 is 25.0 Å². The van der Waals surface area contributed by atoms with Crippen molar-refractivity contribution in [2.45, 2.75) is 32.2 Å². The number of anilines is 1. The third kappa shape index (κ3) is 4.56. The van der Waals surface area contributed by atoms with E-state index in [0.29, 0.717) is 26.1 Å². The van der Waals surface area contributed by atoms with E-state index < -0.39 is 0 Å². The number of nitrogens with one attached hydrogen (secondary N) is 1. The van der Waals surface area contributed by atoms with E-state index in [2.05, 4.69) is 5.32 Å². The Labute approximate surface area is 209 Å². The quantitative estimate of drug-likeness (QED) is 0.556. The molecule has 1 fully saturated rings. The Bertz CT molecular complexity index is 1370. The lowest BCUT2D eigenvalue weighted by atomic mass is 10.1. The number of nitriles is 1. The number of likely N-dealkylation sites (N-methyl/N-ethyl adjacent to an activating group) is 1. The van der Waals surface area contributed by atoms with Gasteiger partial charge in [0.1, 0.15) is 23.7 Å². The van der Waals surface area contributed by atoms with Crippen molar-refractivity contribution in [1.29, 1.82) is 5.26 Å². The topological polar surface area (TPSA) is 106 Å². The molecular weight excluding hydrogens is 456 g/mol. The monoisotopic (exact) mass is 482 g/mol. The smallest absolute Gasteiger partial charge is 0.262 e. The largest absolute Gasteiger partial charge is 0.507 e. The number of fused-ring (bicyclic) bond motifs is 1. The number of ether oxygens (including phenoxy) is 1. The van der Waals surface area contributed by atoms with Crippen LogP contribution in [0.1, 0.15) is 39.0 Å². The fraction of sp³-hybridized carbons (Fsp3) is 0.250. The number of nitrogens with zero attached hydrogens (tertiary/aromatic N) is 3. The van der Waals surface area contributed by atoms with Gasteiger partial charge in [0.05, 0.1) is 17.7 Å². The second kappa shape index (κ2) is 9.62. The summed E-state index contributed by atoms with van der Waals surface area (Å²) in [6.45, 7) is 1.56. The van der Waals surface area contributed by atoms with Crippen LogP contribution in [-0.4, -0.2) is 46.4 Å². The van der Waals surface area contributed by atoms with Gasteiger partial charge in [0.15, 0.2) is 0 Å². The first kappa shape index (κ1) is 23.2. The van der Waals surface area contributed by atoms with Crippen molar-refractivity contribution in [3.05, 3.63) is 88.5 Å². The van der Waals surface area contributed by atoms with E-state index in [-0.39, 0.29) is 47.1 Å². The number of likely N-dealkylation sites (tertiary alicyclic amines) is 1. The first-order valence-electron chi connectivity index (χ1n) is 11.8. The summed E-state index contributed by atoms with van der Waals surface area (Å²) < 4.78 is 5.93. The van der Waals surface area contributed by atoms with Crippen molar-refractivity contribution in [2.24, 2.45) is 0 Å². The van der Waals surface area contributed by atoms with Crippen LogP contribution in [-0.2, 0) is 24.5 Å². The number of aromatic hydroxyl groups is 1. The number of carbonyl (C=O) groups is 2. The van der Waals surface area contributed by atoms with Gasteiger partial charge in [-0.15, -0.1) is 0 Å². The molecule has 182 valence electrons. The van der Waals surface area contributed by atoms with E-state index in [1.165, 1.54) is 12.1 Å². The summed E-state index contributed by atoms with van der Waals surface area (Å²) >= 11 is 0. The van der Waals surface area contributed by atoms with Crippen molar-refractivity contribution in [2.75, 3.05) is 18.9 Å². The maximum atomic E-state index is 13.6. The molecule has 2 heterocycles. The molecule has 5 rings (SSSR count). The molecule has 3 aromatic carbocycles. The first-order valence-corrected chi connectivity index (χ1v) is 11.8. The van der Waals surface area contributed by atoms with Gasteiger partial charge in [-0.25, -0.2) is 0 Å². The molecule has 8 heteroatoms. The van der Waals surface area contributed by atoms with Crippen molar-refractivity contribution in [3.8, 4) is 17.6 Å². The average Bonchev–Trinajstić information content (AvgIpc) is 3.46. The van der Waals surface area contributed by atoms with E-state index >= 15 is 0 Å². The van der Waals surface area contributed by atoms with Crippen LogP contribution in [0.25, 0.3) is 0 Å². The highest BCUT2D eigenvalue weighted by Gasteiger charge is 2.32. The number of carbonyl (C=O) groups excluding carboxylic acids is 2. The lowest BCUT2D eigenvalue weighted by Crippen LogP contribution is -2.27. The summed E-state index contributed by atoms with van der Waals surface area (Å²) in [6.07, 6.45) is 0.435. The fourth-order valence-electron chi connectivity index (χ4n) is 4.77. The van der Waals surface area contributed by atoms with Crippen LogP contribution in [0.4, 0.5) is 5.69 Å². The number of phenols is 1. The Morgan fingerprint density at radius 2 is 1.97 bits per heavy atom. The first-order chi connectivity index (χ1) is 17.4. The maximum absolute atomic E-state index is 13.6. The van der Waals surface area contributed by atoms with E-state index in [1.807, 2.05) is 54.6 Å². The molecule has 0 aromatic heterocycles. The Hall–Kier alpha value is -4.51. The molecule has 2 amide bonds. The molecule has 8 nitrogen and oxygen atoms in total. The van der Waals surface area contributed by atoms with Gasteiger partial charge in [0.2, 0.25) is 5.91 Å². The molecule has 2 N–H and O–H groups in total. The summed E-state index contributed by atoms with van der Waals surface area (Å²) in [7, 11) is 1.79. The van der Waals surface area contributed by atoms with E-state index in [0.717, 1.165) is 22.4 Å². The van der Waals surface area contributed by atoms with Crippen LogP contribution in [0.3, 0.4) is 0 Å². The molecule has 3 aromatic rings. The van der Waals surface area contributed by atoms with Crippen molar-refractivity contribution < 1.29 is 19.4 Å². The van der Waals surface area contributed by atoms with Gasteiger partial charge in [0.25, 0.3) is 5.91 Å². The van der Waals surface area contributed by atoms with Gasteiger partial charge in [-0.2, -0.15) is 5.26 Å². The number of benzene rings is 3. The minimum absolute atomic E-state index is 0.0133. The molecule has 1 saturated heterocycles. The predicted molar refractivity (Wildman–Crippen MR) is 133 cm³/mol. The molecule has 36 heavy (non-hydrogen) atoms. The van der Waals surface area contributed by atoms with E-state index in [9.17, 15) is 20.0 Å². The summed E-state index contributed by atoms with van der Waals surface area (Å²) in [4.78, 5) is 28.9. The highest BCUT2D eigenvalue weighted by Crippen LogP contribution is 2.36. The SMILES string of the molecule is CN1C[C@@H](Nc2cccc3c2CN(C(=O)c2c(O)cc(C#N)cc2OCc2ccccc2)C3)CC1=O. The summed E-state index contributed by atoms with van der Waals surface area (Å²) in [6, 6.07) is 20.1. The lowest BCUT2D eigenvalue weighted by molar-refractivity contribution is -0.126. The Balaban J connectivity index is 1.38. The predicted octanol–water partition coefficient (Wildman–Crippen LogP) is 3.64. The number of hydrogen-bond donors (Lipinski definition) is 2. The molecular formula is C28H26N4O4. The highest BCUT2D eigenvalue weighted by molar-refractivity contribution is 6.00. The van der Waals surface area contributed by atoms with Gasteiger partial charge >= 0.3 is 0 Å². The van der Waals surface area contributed by atoms with Gasteiger partial charge in [0, 0.05) is 38.8 Å². The second-order valence-electron chi connectivity index (χ2n) is 9.18. The summed E-state index contributed by atoms with van der Waals surface area (Å²) in [5.74, 6) is -0.389. The molecule has 0 saturated carbocycles. The Morgan fingerprint density at radius 1 is 1.17 bits per heavy atom. The summed E-state index contributed by atoms with van der Waals surface area (Å²) in [5.41, 5.74) is 4.05. The summed E-state index contributed by atoms with van der Waals surface area (Å²) in [5, 5.41) is 23.6. The molecule has 0 spiro atoms. The zero-order valence-electron chi connectivity index (χ0n) is 19.9. The second-order valence-corrected chi connectivity index (χ2v) is 9.18. The zero-order chi connectivity index (χ0) is 25.2. The van der Waals surface area contributed by atoms with E-state index in [4.69, 9.17) is 4.74 Å². The standard InChI is InChI=1S/C28H26N4O4/c1-31-15-21(12-26(31)34)30-23-9-5-8-20-14-32(16-22(20)23)28(35)27-24(33)10-19(13-29)11-25(27)36-17-18-6-3-2-4-7-18/h2-11,21,30,33H,12,14-17H2,1H3/t21-/m0/s1. The number of phenolic OH excluding ortho intramolecular Hbond substituents is 1. The molecule has 0 unspecified atom stereocenters. The van der Waals surface area contributed by atoms with Gasteiger partial charge in [-0.1, -0.05) is 42.5 Å². The Morgan fingerprint density at radius 3 is 2.69 bits per heavy atom. The molecule has 0 bridgehead atoms. The lowest BCUT2D eigenvalue weighted by Gasteiger charge is -2.20. The molecule has 2 aliphatic rings. The van der Waals surface area contributed by atoms with E-state index in [1.54, 1.807) is 16.8 Å². The molecule has 1 atom stereocenters. The highest BCUT2D eigenvalue weighted by atomic mass is 16.5.